The third kappa shape index (κ3) is 4.30. The van der Waals surface area contributed by atoms with Crippen molar-refractivity contribution >= 4 is 40.5 Å². The summed E-state index contributed by atoms with van der Waals surface area (Å²) in [5, 5.41) is 12.4. The summed E-state index contributed by atoms with van der Waals surface area (Å²) in [5.74, 6) is -2.02. The van der Waals surface area contributed by atoms with Gasteiger partial charge in [-0.05, 0) is 32.1 Å². The maximum atomic E-state index is 11.1. The smallest absolute Gasteiger partial charge is 0.343 e. The highest BCUT2D eigenvalue weighted by Crippen LogP contribution is 2.12. The number of rotatable bonds is 2. The molecule has 1 heterocycles. The van der Waals surface area contributed by atoms with E-state index in [1.165, 1.54) is 4.68 Å². The number of carbonyl (C=O) groups is 2. The Hall–Kier alpha value is -1.67. The first-order valence-electron chi connectivity index (χ1n) is 4.77. The Balaban J connectivity index is 2.54. The van der Waals surface area contributed by atoms with Crippen LogP contribution in [0.2, 0.25) is 0 Å². The lowest BCUT2D eigenvalue weighted by Gasteiger charge is -2.03. The van der Waals surface area contributed by atoms with Crippen LogP contribution in [0.3, 0.4) is 0 Å². The Labute approximate surface area is 113 Å². The van der Waals surface area contributed by atoms with E-state index in [2.05, 4.69) is 5.10 Å². The summed E-state index contributed by atoms with van der Waals surface area (Å²) in [6, 6.07) is 1.83. The van der Waals surface area contributed by atoms with Crippen molar-refractivity contribution in [1.82, 2.24) is 9.78 Å². The number of hydrogen-bond acceptors (Lipinski definition) is 6. The molecule has 0 bridgehead atoms. The number of aryl methyl sites for hydroxylation is 2. The quantitative estimate of drug-likeness (QED) is 0.501. The predicted molar refractivity (Wildman–Crippen MR) is 70.2 cm³/mol. The number of aromatic nitrogens is 2. The van der Waals surface area contributed by atoms with Gasteiger partial charge in [0.2, 0.25) is 4.32 Å². The van der Waals surface area contributed by atoms with E-state index in [1.807, 2.05) is 19.9 Å². The molecule has 1 rings (SSSR count). The van der Waals surface area contributed by atoms with Crippen molar-refractivity contribution in [3.8, 4) is 0 Å². The van der Waals surface area contributed by atoms with Crippen molar-refractivity contribution in [3.05, 3.63) is 29.6 Å². The lowest BCUT2D eigenvalue weighted by Crippen LogP contribution is -2.10. The summed E-state index contributed by atoms with van der Waals surface area (Å²) in [4.78, 5) is 21.3. The van der Waals surface area contributed by atoms with E-state index in [4.69, 9.17) is 21.5 Å². The minimum Gasteiger partial charge on any atom is -0.478 e. The summed E-state index contributed by atoms with van der Waals surface area (Å²) >= 11 is 5.68. The molecule has 0 aliphatic rings. The largest absolute Gasteiger partial charge is 0.478 e. The van der Waals surface area contributed by atoms with Gasteiger partial charge in [0.1, 0.15) is 12.0 Å². The monoisotopic (exact) mass is 286 g/mol. The van der Waals surface area contributed by atoms with Crippen LogP contribution in [0.1, 0.15) is 11.4 Å². The normalized spacial score (nSPS) is 10.6. The van der Waals surface area contributed by atoms with E-state index in [0.717, 1.165) is 17.5 Å². The zero-order valence-corrected chi connectivity index (χ0v) is 11.2. The third-order valence-corrected chi connectivity index (χ3v) is 2.68. The van der Waals surface area contributed by atoms with Gasteiger partial charge in [0.05, 0.1) is 5.69 Å². The summed E-state index contributed by atoms with van der Waals surface area (Å²) in [6.45, 7) is 3.64. The van der Waals surface area contributed by atoms with Gasteiger partial charge in [0.25, 0.3) is 0 Å². The minimum atomic E-state index is -1.22. The van der Waals surface area contributed by atoms with Crippen LogP contribution >= 0.6 is 24.3 Å². The topological polar surface area (TPSA) is 81.4 Å². The Morgan fingerprint density at radius 1 is 1.50 bits per heavy atom. The second-order valence-electron chi connectivity index (χ2n) is 3.26. The van der Waals surface area contributed by atoms with E-state index in [-0.39, 0.29) is 4.32 Å². The molecule has 6 nitrogen and oxygen atoms in total. The van der Waals surface area contributed by atoms with E-state index in [1.54, 1.807) is 0 Å². The molecule has 0 saturated carbocycles. The van der Waals surface area contributed by atoms with Crippen molar-refractivity contribution in [2.24, 2.45) is 0 Å². The van der Waals surface area contributed by atoms with Gasteiger partial charge in [-0.1, -0.05) is 0 Å². The second-order valence-corrected chi connectivity index (χ2v) is 4.63. The van der Waals surface area contributed by atoms with Crippen molar-refractivity contribution < 1.29 is 18.9 Å². The molecule has 0 amide bonds. The van der Waals surface area contributed by atoms with Crippen LogP contribution < -0.4 is 0 Å². The first-order valence-corrected chi connectivity index (χ1v) is 5.92. The molecule has 0 aliphatic carbocycles. The fourth-order valence-corrected chi connectivity index (χ4v) is 1.84. The lowest BCUT2D eigenvalue weighted by atomic mass is 10.4. The molecule has 18 heavy (non-hydrogen) atoms. The number of aliphatic carboxylic acids is 1. The fourth-order valence-electron chi connectivity index (χ4n) is 1.09. The highest BCUT2D eigenvalue weighted by atomic mass is 32.2. The van der Waals surface area contributed by atoms with Crippen molar-refractivity contribution in [3.63, 3.8) is 0 Å². The zero-order valence-electron chi connectivity index (χ0n) is 9.61. The molecule has 0 spiro atoms. The van der Waals surface area contributed by atoms with Gasteiger partial charge in [-0.2, -0.15) is 5.10 Å². The molecule has 8 heteroatoms. The van der Waals surface area contributed by atoms with E-state index in [9.17, 15) is 9.59 Å². The van der Waals surface area contributed by atoms with Crippen LogP contribution in [0.15, 0.2) is 18.2 Å². The molecule has 0 fully saturated rings. The van der Waals surface area contributed by atoms with Crippen LogP contribution in [0.4, 0.5) is 0 Å². The summed E-state index contributed by atoms with van der Waals surface area (Å²) in [6.07, 6.45) is 1.49. The minimum absolute atomic E-state index is 0.248. The van der Waals surface area contributed by atoms with Gasteiger partial charge in [0.15, 0.2) is 0 Å². The number of nitrogens with zero attached hydrogens (tertiary/aromatic N) is 2. The van der Waals surface area contributed by atoms with Gasteiger partial charge in [0, 0.05) is 17.8 Å². The maximum Gasteiger partial charge on any atom is 0.343 e. The van der Waals surface area contributed by atoms with Crippen molar-refractivity contribution in [2.45, 2.75) is 13.8 Å². The maximum absolute atomic E-state index is 11.1. The SMILES string of the molecule is Cc1cc(C)n(C(=S)SOC(=O)/C=C/C(=O)O)n1. The highest BCUT2D eigenvalue weighted by molar-refractivity contribution is 8.20. The number of carbonyl (C=O) groups excluding carboxylic acids is 1. The molecule has 96 valence electrons. The van der Waals surface area contributed by atoms with Crippen LogP contribution in [0.5, 0.6) is 0 Å². The van der Waals surface area contributed by atoms with Gasteiger partial charge < -0.3 is 9.29 Å². The van der Waals surface area contributed by atoms with Crippen molar-refractivity contribution in [2.75, 3.05) is 0 Å². The Morgan fingerprint density at radius 3 is 2.67 bits per heavy atom. The van der Waals surface area contributed by atoms with Gasteiger partial charge in [-0.3, -0.25) is 0 Å². The van der Waals surface area contributed by atoms with Crippen LogP contribution in [-0.2, 0) is 13.8 Å². The first-order chi connectivity index (χ1) is 8.40. The fraction of sp³-hybridized carbons (Fsp3) is 0.200. The summed E-state index contributed by atoms with van der Waals surface area (Å²) in [5.41, 5.74) is 1.62. The molecule has 1 aromatic heterocycles. The molecule has 0 unspecified atom stereocenters. The molecule has 0 aliphatic heterocycles. The van der Waals surface area contributed by atoms with Crippen LogP contribution in [0.25, 0.3) is 0 Å². The average molecular weight is 286 g/mol. The summed E-state index contributed by atoms with van der Waals surface area (Å²) < 4.78 is 6.41. The molecule has 1 aromatic rings. The van der Waals surface area contributed by atoms with Gasteiger partial charge in [-0.15, -0.1) is 0 Å². The number of hydrogen-bond donors (Lipinski definition) is 1. The molecule has 0 aromatic carbocycles. The lowest BCUT2D eigenvalue weighted by molar-refractivity contribution is -0.132. The molecular weight excluding hydrogens is 276 g/mol. The van der Waals surface area contributed by atoms with E-state index in [0.29, 0.717) is 18.1 Å². The Kier molecular flexibility index (Phi) is 5.05. The third-order valence-electron chi connectivity index (χ3n) is 1.74. The van der Waals surface area contributed by atoms with Gasteiger partial charge in [-0.25, -0.2) is 14.3 Å². The van der Waals surface area contributed by atoms with Crippen molar-refractivity contribution in [1.29, 1.82) is 0 Å². The Morgan fingerprint density at radius 2 is 2.17 bits per heavy atom. The number of carboxylic acid groups (broad SMARTS) is 1. The first kappa shape index (κ1) is 14.4. The zero-order chi connectivity index (χ0) is 13.7. The highest BCUT2D eigenvalue weighted by Gasteiger charge is 2.10. The number of carboxylic acids is 1. The Bertz CT molecular complexity index is 522. The standard InChI is InChI=1S/C10H10N2O4S2/c1-6-5-7(2)12(11-6)10(17)18-16-9(15)4-3-8(13)14/h3-5H,1-2H3,(H,13,14)/b4-3+. The summed E-state index contributed by atoms with van der Waals surface area (Å²) in [7, 11) is 0. The molecule has 1 N–H and O–H groups in total. The van der Waals surface area contributed by atoms with Gasteiger partial charge >= 0.3 is 11.9 Å². The molecular formula is C10H10N2O4S2. The van der Waals surface area contributed by atoms with Crippen LogP contribution in [-0.4, -0.2) is 31.1 Å². The van der Waals surface area contributed by atoms with Crippen LogP contribution in [0, 0.1) is 13.8 Å². The van der Waals surface area contributed by atoms with E-state index < -0.39 is 11.9 Å². The molecule has 0 radical (unpaired) electrons. The molecule has 0 atom stereocenters. The average Bonchev–Trinajstić information content (AvgIpc) is 2.62. The van der Waals surface area contributed by atoms with E-state index >= 15 is 0 Å². The molecule has 0 saturated heterocycles. The number of thiocarbonyl (C=S) groups is 1. The second kappa shape index (κ2) is 6.31. The predicted octanol–water partition coefficient (Wildman–Crippen LogP) is 1.47.